The Labute approximate surface area is 111 Å². The third-order valence-corrected chi connectivity index (χ3v) is 2.76. The zero-order valence-electron chi connectivity index (χ0n) is 10.8. The van der Waals surface area contributed by atoms with Crippen LogP contribution in [-0.2, 0) is 6.54 Å². The molecule has 1 heterocycles. The molecule has 2 aromatic rings. The minimum atomic E-state index is -0.134. The minimum Gasteiger partial charge on any atom is -0.399 e. The van der Waals surface area contributed by atoms with Crippen LogP contribution in [0.25, 0.3) is 0 Å². The van der Waals surface area contributed by atoms with Gasteiger partial charge in [0.25, 0.3) is 5.91 Å². The SMILES string of the molecule is CNC(=O)c1ccc(N)cc1NCCn1ccnc1. The van der Waals surface area contributed by atoms with E-state index in [1.54, 1.807) is 37.8 Å². The molecule has 100 valence electrons. The molecule has 0 unspecified atom stereocenters. The Hall–Kier alpha value is -2.50. The maximum absolute atomic E-state index is 11.7. The topological polar surface area (TPSA) is 85.0 Å². The van der Waals surface area contributed by atoms with Gasteiger partial charge in [0.2, 0.25) is 0 Å². The summed E-state index contributed by atoms with van der Waals surface area (Å²) in [4.78, 5) is 15.7. The number of imidazole rings is 1. The second-order valence-electron chi connectivity index (χ2n) is 4.11. The molecule has 4 N–H and O–H groups in total. The Morgan fingerprint density at radius 1 is 1.47 bits per heavy atom. The molecule has 1 amide bonds. The summed E-state index contributed by atoms with van der Waals surface area (Å²) in [5.41, 5.74) is 7.69. The van der Waals surface area contributed by atoms with Crippen LogP contribution in [-0.4, -0.2) is 29.1 Å². The van der Waals surface area contributed by atoms with Gasteiger partial charge in [-0.15, -0.1) is 0 Å². The van der Waals surface area contributed by atoms with Crippen LogP contribution in [0.1, 0.15) is 10.4 Å². The number of hydrogen-bond donors (Lipinski definition) is 3. The van der Waals surface area contributed by atoms with Crippen LogP contribution in [0.2, 0.25) is 0 Å². The fourth-order valence-electron chi connectivity index (χ4n) is 1.78. The molecule has 0 radical (unpaired) electrons. The van der Waals surface area contributed by atoms with Crippen LogP contribution >= 0.6 is 0 Å². The van der Waals surface area contributed by atoms with Crippen molar-refractivity contribution in [3.63, 3.8) is 0 Å². The van der Waals surface area contributed by atoms with E-state index in [0.29, 0.717) is 17.8 Å². The molecule has 1 aromatic heterocycles. The van der Waals surface area contributed by atoms with Crippen LogP contribution in [0.5, 0.6) is 0 Å². The fraction of sp³-hybridized carbons (Fsp3) is 0.231. The molecular weight excluding hydrogens is 242 g/mol. The van der Waals surface area contributed by atoms with Crippen molar-refractivity contribution < 1.29 is 4.79 Å². The number of nitrogens with zero attached hydrogens (tertiary/aromatic N) is 2. The van der Waals surface area contributed by atoms with Crippen molar-refractivity contribution in [1.29, 1.82) is 0 Å². The number of rotatable bonds is 5. The van der Waals surface area contributed by atoms with E-state index in [0.717, 1.165) is 12.2 Å². The normalized spacial score (nSPS) is 10.2. The number of nitrogens with two attached hydrogens (primary N) is 1. The molecule has 0 saturated carbocycles. The number of carbonyl (C=O) groups excluding carboxylic acids is 1. The molecule has 0 saturated heterocycles. The molecular formula is C13H17N5O. The number of amides is 1. The Bertz CT molecular complexity index is 550. The Morgan fingerprint density at radius 2 is 2.32 bits per heavy atom. The zero-order valence-corrected chi connectivity index (χ0v) is 10.8. The van der Waals surface area contributed by atoms with Crippen LogP contribution in [0.3, 0.4) is 0 Å². The number of nitrogens with one attached hydrogen (secondary N) is 2. The van der Waals surface area contributed by atoms with Gasteiger partial charge in [-0.2, -0.15) is 0 Å². The summed E-state index contributed by atoms with van der Waals surface area (Å²) in [6.45, 7) is 1.45. The van der Waals surface area contributed by atoms with E-state index in [2.05, 4.69) is 15.6 Å². The van der Waals surface area contributed by atoms with Crippen molar-refractivity contribution in [2.24, 2.45) is 0 Å². The maximum atomic E-state index is 11.7. The van der Waals surface area contributed by atoms with E-state index < -0.39 is 0 Å². The lowest BCUT2D eigenvalue weighted by Crippen LogP contribution is -2.20. The molecule has 1 aromatic carbocycles. The maximum Gasteiger partial charge on any atom is 0.253 e. The van der Waals surface area contributed by atoms with E-state index in [1.807, 2.05) is 10.8 Å². The van der Waals surface area contributed by atoms with Crippen molar-refractivity contribution in [3.05, 3.63) is 42.5 Å². The first-order valence-corrected chi connectivity index (χ1v) is 6.02. The zero-order chi connectivity index (χ0) is 13.7. The average molecular weight is 259 g/mol. The summed E-state index contributed by atoms with van der Waals surface area (Å²) in [6, 6.07) is 5.19. The summed E-state index contributed by atoms with van der Waals surface area (Å²) in [5.74, 6) is -0.134. The number of nitrogen functional groups attached to an aromatic ring is 1. The first kappa shape index (κ1) is 12.9. The predicted molar refractivity (Wildman–Crippen MR) is 75.0 cm³/mol. The lowest BCUT2D eigenvalue weighted by atomic mass is 10.1. The average Bonchev–Trinajstić information content (AvgIpc) is 2.91. The third-order valence-electron chi connectivity index (χ3n) is 2.76. The van der Waals surface area contributed by atoms with Crippen LogP contribution in [0.15, 0.2) is 36.9 Å². The van der Waals surface area contributed by atoms with Crippen molar-refractivity contribution >= 4 is 17.3 Å². The quantitative estimate of drug-likeness (QED) is 0.698. The highest BCUT2D eigenvalue weighted by Gasteiger charge is 2.09. The van der Waals surface area contributed by atoms with Gasteiger partial charge in [-0.3, -0.25) is 4.79 Å². The van der Waals surface area contributed by atoms with Crippen LogP contribution in [0.4, 0.5) is 11.4 Å². The molecule has 0 aliphatic rings. The summed E-state index contributed by atoms with van der Waals surface area (Å²) in [5, 5.41) is 5.83. The molecule has 0 spiro atoms. The van der Waals surface area contributed by atoms with Crippen LogP contribution < -0.4 is 16.4 Å². The lowest BCUT2D eigenvalue weighted by molar-refractivity contribution is 0.0964. The number of anilines is 2. The highest BCUT2D eigenvalue weighted by atomic mass is 16.1. The molecule has 6 nitrogen and oxygen atoms in total. The van der Waals surface area contributed by atoms with Gasteiger partial charge in [0.1, 0.15) is 0 Å². The molecule has 0 aliphatic carbocycles. The second kappa shape index (κ2) is 5.90. The van der Waals surface area contributed by atoms with Gasteiger partial charge >= 0.3 is 0 Å². The molecule has 0 bridgehead atoms. The minimum absolute atomic E-state index is 0.134. The highest BCUT2D eigenvalue weighted by Crippen LogP contribution is 2.19. The van der Waals surface area contributed by atoms with Gasteiger partial charge in [-0.05, 0) is 18.2 Å². The van der Waals surface area contributed by atoms with E-state index >= 15 is 0 Å². The summed E-state index contributed by atoms with van der Waals surface area (Å²) in [6.07, 6.45) is 5.37. The van der Waals surface area contributed by atoms with E-state index in [9.17, 15) is 4.79 Å². The highest BCUT2D eigenvalue weighted by molar-refractivity contribution is 6.00. The molecule has 6 heteroatoms. The van der Waals surface area contributed by atoms with Gasteiger partial charge in [0.05, 0.1) is 11.9 Å². The Morgan fingerprint density at radius 3 is 3.00 bits per heavy atom. The molecule has 0 atom stereocenters. The smallest absolute Gasteiger partial charge is 0.253 e. The van der Waals surface area contributed by atoms with E-state index in [-0.39, 0.29) is 5.91 Å². The van der Waals surface area contributed by atoms with Gasteiger partial charge in [-0.25, -0.2) is 4.98 Å². The Kier molecular flexibility index (Phi) is 4.02. The number of hydrogen-bond acceptors (Lipinski definition) is 4. The molecule has 2 rings (SSSR count). The second-order valence-corrected chi connectivity index (χ2v) is 4.11. The number of benzene rings is 1. The monoisotopic (exact) mass is 259 g/mol. The predicted octanol–water partition coefficient (Wildman–Crippen LogP) is 0.937. The number of carbonyl (C=O) groups is 1. The molecule has 19 heavy (non-hydrogen) atoms. The summed E-state index contributed by atoms with van der Waals surface area (Å²) < 4.78 is 1.96. The van der Waals surface area contributed by atoms with Gasteiger partial charge < -0.3 is 20.9 Å². The number of aromatic nitrogens is 2. The molecule has 0 aliphatic heterocycles. The fourth-order valence-corrected chi connectivity index (χ4v) is 1.78. The largest absolute Gasteiger partial charge is 0.399 e. The van der Waals surface area contributed by atoms with Crippen molar-refractivity contribution in [2.45, 2.75) is 6.54 Å². The van der Waals surface area contributed by atoms with Crippen molar-refractivity contribution in [3.8, 4) is 0 Å². The first-order chi connectivity index (χ1) is 9.20. The summed E-state index contributed by atoms with van der Waals surface area (Å²) in [7, 11) is 1.61. The lowest BCUT2D eigenvalue weighted by Gasteiger charge is -2.12. The van der Waals surface area contributed by atoms with Crippen LogP contribution in [0, 0.1) is 0 Å². The van der Waals surface area contributed by atoms with Gasteiger partial charge in [0.15, 0.2) is 0 Å². The van der Waals surface area contributed by atoms with Crippen molar-refractivity contribution in [2.75, 3.05) is 24.6 Å². The first-order valence-electron chi connectivity index (χ1n) is 6.02. The molecule has 0 fully saturated rings. The van der Waals surface area contributed by atoms with Gasteiger partial charge in [-0.1, -0.05) is 0 Å². The Balaban J connectivity index is 2.05. The standard InChI is InChI=1S/C13H17N5O/c1-15-13(19)11-3-2-10(14)8-12(11)17-5-7-18-6-4-16-9-18/h2-4,6,8-9,17H,5,7,14H2,1H3,(H,15,19). The third kappa shape index (κ3) is 3.25. The van der Waals surface area contributed by atoms with E-state index in [4.69, 9.17) is 5.73 Å². The summed E-state index contributed by atoms with van der Waals surface area (Å²) >= 11 is 0. The van der Waals surface area contributed by atoms with Gasteiger partial charge in [0, 0.05) is 43.9 Å². The van der Waals surface area contributed by atoms with Crippen molar-refractivity contribution in [1.82, 2.24) is 14.9 Å². The van der Waals surface area contributed by atoms with E-state index in [1.165, 1.54) is 0 Å².